The summed E-state index contributed by atoms with van der Waals surface area (Å²) in [5.74, 6) is -1.05. The Morgan fingerprint density at radius 2 is 1.88 bits per heavy atom. The number of rotatable bonds is 11. The first kappa shape index (κ1) is 25.6. The minimum atomic E-state index is -1.13. The SMILES string of the molecule is Cc1ccc(CNC(=O)C(COCCN(C)C(=O)O)NC(=O)OCc2ccccc2)c(F)c1. The number of hydrogen-bond acceptors (Lipinski definition) is 5. The van der Waals surface area contributed by atoms with E-state index in [4.69, 9.17) is 14.6 Å². The van der Waals surface area contributed by atoms with E-state index in [0.717, 1.165) is 16.0 Å². The van der Waals surface area contributed by atoms with Crippen molar-refractivity contribution in [2.24, 2.45) is 0 Å². The molecular weight excluding hydrogens is 433 g/mol. The highest BCUT2D eigenvalue weighted by molar-refractivity contribution is 5.85. The molecule has 9 nitrogen and oxygen atoms in total. The third-order valence-corrected chi connectivity index (χ3v) is 4.67. The molecule has 3 N–H and O–H groups in total. The van der Waals surface area contributed by atoms with E-state index in [0.29, 0.717) is 5.56 Å². The molecule has 0 saturated carbocycles. The molecule has 178 valence electrons. The lowest BCUT2D eigenvalue weighted by molar-refractivity contribution is -0.124. The van der Waals surface area contributed by atoms with Crippen LogP contribution in [0.2, 0.25) is 0 Å². The van der Waals surface area contributed by atoms with Crippen LogP contribution in [0, 0.1) is 12.7 Å². The Morgan fingerprint density at radius 3 is 2.55 bits per heavy atom. The Hall–Kier alpha value is -3.66. The third kappa shape index (κ3) is 9.16. The van der Waals surface area contributed by atoms with Gasteiger partial charge in [-0.25, -0.2) is 14.0 Å². The lowest BCUT2D eigenvalue weighted by Gasteiger charge is -2.19. The summed E-state index contributed by atoms with van der Waals surface area (Å²) in [4.78, 5) is 36.7. The van der Waals surface area contributed by atoms with Gasteiger partial charge in [0.2, 0.25) is 5.91 Å². The van der Waals surface area contributed by atoms with Crippen molar-refractivity contribution >= 4 is 18.1 Å². The maximum atomic E-state index is 14.0. The van der Waals surface area contributed by atoms with Crippen LogP contribution in [0.25, 0.3) is 0 Å². The number of carbonyl (C=O) groups is 3. The molecule has 3 amide bonds. The summed E-state index contributed by atoms with van der Waals surface area (Å²) in [6, 6.07) is 12.5. The monoisotopic (exact) mass is 461 g/mol. The summed E-state index contributed by atoms with van der Waals surface area (Å²) in [7, 11) is 1.38. The topological polar surface area (TPSA) is 117 Å². The maximum Gasteiger partial charge on any atom is 0.408 e. The fourth-order valence-electron chi connectivity index (χ4n) is 2.69. The van der Waals surface area contributed by atoms with Gasteiger partial charge in [-0.1, -0.05) is 42.5 Å². The van der Waals surface area contributed by atoms with Crippen molar-refractivity contribution in [1.29, 1.82) is 0 Å². The number of likely N-dealkylation sites (N-methyl/N-ethyl adjacent to an activating group) is 1. The number of halogens is 1. The number of aryl methyl sites for hydroxylation is 1. The van der Waals surface area contributed by atoms with Gasteiger partial charge in [0.15, 0.2) is 0 Å². The Kier molecular flexibility index (Phi) is 10.1. The number of nitrogens with zero attached hydrogens (tertiary/aromatic N) is 1. The summed E-state index contributed by atoms with van der Waals surface area (Å²) >= 11 is 0. The van der Waals surface area contributed by atoms with E-state index in [2.05, 4.69) is 10.6 Å². The highest BCUT2D eigenvalue weighted by Gasteiger charge is 2.22. The largest absolute Gasteiger partial charge is 0.465 e. The molecule has 2 rings (SSSR count). The van der Waals surface area contributed by atoms with Gasteiger partial charge in [-0.2, -0.15) is 0 Å². The molecule has 1 unspecified atom stereocenters. The molecule has 0 bridgehead atoms. The van der Waals surface area contributed by atoms with E-state index < -0.39 is 30.0 Å². The number of carbonyl (C=O) groups excluding carboxylic acids is 2. The molecule has 0 heterocycles. The second-order valence-electron chi connectivity index (χ2n) is 7.35. The lowest BCUT2D eigenvalue weighted by atomic mass is 10.1. The first-order valence-electron chi connectivity index (χ1n) is 10.3. The van der Waals surface area contributed by atoms with E-state index in [-0.39, 0.29) is 32.9 Å². The van der Waals surface area contributed by atoms with Crippen LogP contribution >= 0.6 is 0 Å². The number of amides is 3. The molecule has 1 atom stereocenters. The molecule has 10 heteroatoms. The van der Waals surface area contributed by atoms with Crippen LogP contribution < -0.4 is 10.6 Å². The van der Waals surface area contributed by atoms with Gasteiger partial charge >= 0.3 is 12.2 Å². The van der Waals surface area contributed by atoms with Crippen LogP contribution in [0.15, 0.2) is 48.5 Å². The molecule has 0 spiro atoms. The van der Waals surface area contributed by atoms with Crippen LogP contribution in [0.4, 0.5) is 14.0 Å². The average molecular weight is 461 g/mol. The third-order valence-electron chi connectivity index (χ3n) is 4.67. The Balaban J connectivity index is 1.93. The van der Waals surface area contributed by atoms with Crippen molar-refractivity contribution < 1.29 is 33.4 Å². The van der Waals surface area contributed by atoms with E-state index in [1.165, 1.54) is 13.1 Å². The van der Waals surface area contributed by atoms with Crippen LogP contribution in [-0.2, 0) is 27.4 Å². The van der Waals surface area contributed by atoms with E-state index in [9.17, 15) is 18.8 Å². The molecule has 33 heavy (non-hydrogen) atoms. The number of hydrogen-bond donors (Lipinski definition) is 3. The molecule has 2 aromatic carbocycles. The second-order valence-corrected chi connectivity index (χ2v) is 7.35. The number of alkyl carbamates (subject to hydrolysis) is 1. The minimum absolute atomic E-state index is 0.0137. The first-order valence-corrected chi connectivity index (χ1v) is 10.3. The lowest BCUT2D eigenvalue weighted by Crippen LogP contribution is -2.49. The Morgan fingerprint density at radius 1 is 1.15 bits per heavy atom. The summed E-state index contributed by atoms with van der Waals surface area (Å²) < 4.78 is 24.6. The summed E-state index contributed by atoms with van der Waals surface area (Å²) in [5, 5.41) is 13.9. The fourth-order valence-corrected chi connectivity index (χ4v) is 2.69. The predicted octanol–water partition coefficient (Wildman–Crippen LogP) is 2.67. The Labute approximate surface area is 191 Å². The Bertz CT molecular complexity index is 941. The van der Waals surface area contributed by atoms with Crippen LogP contribution in [-0.4, -0.2) is 60.9 Å². The van der Waals surface area contributed by atoms with Gasteiger partial charge in [0, 0.05) is 25.7 Å². The second kappa shape index (κ2) is 13.0. The van der Waals surface area contributed by atoms with E-state index in [1.54, 1.807) is 43.3 Å². The van der Waals surface area contributed by atoms with Crippen LogP contribution in [0.3, 0.4) is 0 Å². The van der Waals surface area contributed by atoms with Crippen molar-refractivity contribution in [1.82, 2.24) is 15.5 Å². The van der Waals surface area contributed by atoms with E-state index >= 15 is 0 Å². The maximum absolute atomic E-state index is 14.0. The molecule has 0 aromatic heterocycles. The zero-order valence-electron chi connectivity index (χ0n) is 18.5. The van der Waals surface area contributed by atoms with Gasteiger partial charge in [-0.3, -0.25) is 4.79 Å². The smallest absolute Gasteiger partial charge is 0.408 e. The van der Waals surface area contributed by atoms with Gasteiger partial charge in [-0.05, 0) is 24.1 Å². The van der Waals surface area contributed by atoms with Crippen LogP contribution in [0.1, 0.15) is 16.7 Å². The van der Waals surface area contributed by atoms with Gasteiger partial charge in [0.1, 0.15) is 18.5 Å². The van der Waals surface area contributed by atoms with Crippen molar-refractivity contribution in [2.75, 3.05) is 26.8 Å². The van der Waals surface area contributed by atoms with Crippen molar-refractivity contribution in [3.05, 3.63) is 71.0 Å². The highest BCUT2D eigenvalue weighted by atomic mass is 19.1. The highest BCUT2D eigenvalue weighted by Crippen LogP contribution is 2.09. The van der Waals surface area contributed by atoms with Crippen LogP contribution in [0.5, 0.6) is 0 Å². The molecule has 0 saturated heterocycles. The zero-order valence-corrected chi connectivity index (χ0v) is 18.5. The van der Waals surface area contributed by atoms with Gasteiger partial charge in [-0.15, -0.1) is 0 Å². The summed E-state index contributed by atoms with van der Waals surface area (Å²) in [5.41, 5.74) is 1.82. The predicted molar refractivity (Wildman–Crippen MR) is 118 cm³/mol. The summed E-state index contributed by atoms with van der Waals surface area (Å²) in [6.07, 6.45) is -1.94. The van der Waals surface area contributed by atoms with Gasteiger partial charge in [0.05, 0.1) is 13.2 Å². The molecule has 0 radical (unpaired) electrons. The number of ether oxygens (including phenoxy) is 2. The van der Waals surface area contributed by atoms with Gasteiger partial charge in [0.25, 0.3) is 0 Å². The molecule has 0 aliphatic carbocycles. The molecule has 0 aliphatic heterocycles. The molecule has 2 aromatic rings. The zero-order chi connectivity index (χ0) is 24.2. The number of carboxylic acid groups (broad SMARTS) is 1. The fraction of sp³-hybridized carbons (Fsp3) is 0.348. The quantitative estimate of drug-likeness (QED) is 0.443. The number of nitrogens with one attached hydrogen (secondary N) is 2. The molecule has 0 aliphatic rings. The normalized spacial score (nSPS) is 11.4. The minimum Gasteiger partial charge on any atom is -0.465 e. The molecular formula is C23H28FN3O6. The molecule has 0 fully saturated rings. The first-order chi connectivity index (χ1) is 15.8. The van der Waals surface area contributed by atoms with E-state index in [1.807, 2.05) is 6.07 Å². The summed E-state index contributed by atoms with van der Waals surface area (Å²) in [6.45, 7) is 1.56. The van der Waals surface area contributed by atoms with Crippen molar-refractivity contribution in [3.8, 4) is 0 Å². The van der Waals surface area contributed by atoms with Crippen molar-refractivity contribution in [2.45, 2.75) is 26.1 Å². The number of benzene rings is 2. The van der Waals surface area contributed by atoms with Crippen molar-refractivity contribution in [3.63, 3.8) is 0 Å². The van der Waals surface area contributed by atoms with Gasteiger partial charge < -0.3 is 30.1 Å². The standard InChI is InChI=1S/C23H28FN3O6/c1-16-8-9-18(19(24)12-16)13-25-21(28)20(15-32-11-10-27(2)23(30)31)26-22(29)33-14-17-6-4-3-5-7-17/h3-9,12,20H,10-11,13-15H2,1-2H3,(H,25,28)(H,26,29)(H,30,31). The average Bonchev–Trinajstić information content (AvgIpc) is 2.79.